The Morgan fingerprint density at radius 2 is 1.77 bits per heavy atom. The number of nitrogens with two attached hydrogens (primary N) is 1. The van der Waals surface area contributed by atoms with Crippen LogP contribution < -0.4 is 21.1 Å². The lowest BCUT2D eigenvalue weighted by atomic mass is 9.92. The molecule has 0 aliphatic rings. The highest BCUT2D eigenvalue weighted by atomic mass is 19.1. The number of hydrogen-bond donors (Lipinski definition) is 3. The maximum absolute atomic E-state index is 14.7. The molecule has 0 saturated heterocycles. The Hall–Kier alpha value is -4.47. The van der Waals surface area contributed by atoms with E-state index in [0.717, 1.165) is 6.07 Å². The number of halogens is 2. The van der Waals surface area contributed by atoms with E-state index in [9.17, 15) is 13.6 Å². The molecule has 2 amide bonds. The standard InChI is InChI=1S/C25H24F2N6O2/c1-25(2,3)21-14-23(33(32-21)16-6-4-5-15(26)11-16)31-24(34)30-20-8-7-17(12-19(20)27)35-18-9-10-29-22(28)13-18/h4-14H,1-3H3,(H2,28,29)(H2,30,31,34). The Balaban J connectivity index is 1.53. The van der Waals surface area contributed by atoms with Gasteiger partial charge in [0.15, 0.2) is 0 Å². The predicted octanol–water partition coefficient (Wildman–Crippen LogP) is 5.86. The molecule has 0 radical (unpaired) electrons. The van der Waals surface area contributed by atoms with Crippen LogP contribution in [0.1, 0.15) is 26.5 Å². The fourth-order valence-corrected chi connectivity index (χ4v) is 3.20. The third-order valence-corrected chi connectivity index (χ3v) is 4.95. The minimum Gasteiger partial charge on any atom is -0.457 e. The molecule has 0 saturated carbocycles. The number of nitrogen functional groups attached to an aromatic ring is 1. The minimum atomic E-state index is -0.700. The van der Waals surface area contributed by atoms with E-state index >= 15 is 0 Å². The zero-order chi connectivity index (χ0) is 25.2. The van der Waals surface area contributed by atoms with Crippen LogP contribution in [0.4, 0.5) is 30.9 Å². The van der Waals surface area contributed by atoms with Crippen LogP contribution in [-0.2, 0) is 5.41 Å². The number of ether oxygens (including phenoxy) is 1. The summed E-state index contributed by atoms with van der Waals surface area (Å²) < 4.78 is 35.5. The highest BCUT2D eigenvalue weighted by Crippen LogP contribution is 2.28. The lowest BCUT2D eigenvalue weighted by molar-refractivity contribution is 0.262. The molecule has 0 aliphatic carbocycles. The largest absolute Gasteiger partial charge is 0.457 e. The summed E-state index contributed by atoms with van der Waals surface area (Å²) in [6.45, 7) is 5.90. The van der Waals surface area contributed by atoms with Gasteiger partial charge >= 0.3 is 6.03 Å². The molecule has 10 heteroatoms. The molecule has 0 aliphatic heterocycles. The van der Waals surface area contributed by atoms with Gasteiger partial charge in [0.05, 0.1) is 17.1 Å². The molecule has 4 aromatic rings. The van der Waals surface area contributed by atoms with Crippen LogP contribution >= 0.6 is 0 Å². The Morgan fingerprint density at radius 3 is 2.46 bits per heavy atom. The lowest BCUT2D eigenvalue weighted by Gasteiger charge is -2.14. The molecular formula is C25H24F2N6O2. The summed E-state index contributed by atoms with van der Waals surface area (Å²) in [6, 6.07) is 13.9. The molecular weight excluding hydrogens is 454 g/mol. The molecule has 4 N–H and O–H groups in total. The summed E-state index contributed by atoms with van der Waals surface area (Å²) in [7, 11) is 0. The van der Waals surface area contributed by atoms with Crippen molar-refractivity contribution in [3.8, 4) is 17.2 Å². The van der Waals surface area contributed by atoms with Gasteiger partial charge in [-0.25, -0.2) is 23.2 Å². The number of rotatable bonds is 5. The second-order valence-corrected chi connectivity index (χ2v) is 8.80. The smallest absolute Gasteiger partial charge is 0.324 e. The van der Waals surface area contributed by atoms with Crippen LogP contribution in [-0.4, -0.2) is 20.8 Å². The maximum Gasteiger partial charge on any atom is 0.324 e. The number of anilines is 3. The number of pyridine rings is 1. The fraction of sp³-hybridized carbons (Fsp3) is 0.160. The highest BCUT2D eigenvalue weighted by Gasteiger charge is 2.22. The molecule has 180 valence electrons. The van der Waals surface area contributed by atoms with E-state index in [1.807, 2.05) is 20.8 Å². The normalized spacial score (nSPS) is 11.2. The number of nitrogens with one attached hydrogen (secondary N) is 2. The van der Waals surface area contributed by atoms with Gasteiger partial charge in [-0.05, 0) is 36.4 Å². The van der Waals surface area contributed by atoms with Crippen molar-refractivity contribution in [3.63, 3.8) is 0 Å². The average Bonchev–Trinajstić information content (AvgIpc) is 3.20. The zero-order valence-corrected chi connectivity index (χ0v) is 19.3. The Kier molecular flexibility index (Phi) is 6.37. The molecule has 0 spiro atoms. The van der Waals surface area contributed by atoms with Crippen LogP contribution in [0.25, 0.3) is 5.69 Å². The quantitative estimate of drug-likeness (QED) is 0.333. The first kappa shape index (κ1) is 23.7. The fourth-order valence-electron chi connectivity index (χ4n) is 3.20. The SMILES string of the molecule is CC(C)(C)c1cc(NC(=O)Nc2ccc(Oc3ccnc(N)c3)cc2F)n(-c2cccc(F)c2)n1. The van der Waals surface area contributed by atoms with Crippen molar-refractivity contribution in [1.82, 2.24) is 14.8 Å². The first-order valence-corrected chi connectivity index (χ1v) is 10.7. The number of benzene rings is 2. The van der Waals surface area contributed by atoms with E-state index in [0.29, 0.717) is 22.9 Å². The monoisotopic (exact) mass is 478 g/mol. The molecule has 2 aromatic heterocycles. The number of carbonyl (C=O) groups excluding carboxylic acids is 1. The van der Waals surface area contributed by atoms with Crippen molar-refractivity contribution in [2.45, 2.75) is 26.2 Å². The van der Waals surface area contributed by atoms with E-state index in [-0.39, 0.29) is 22.7 Å². The van der Waals surface area contributed by atoms with Crippen LogP contribution in [0.5, 0.6) is 11.5 Å². The lowest BCUT2D eigenvalue weighted by Crippen LogP contribution is -2.22. The van der Waals surface area contributed by atoms with Gasteiger partial charge in [-0.1, -0.05) is 26.8 Å². The number of nitrogens with zero attached hydrogens (tertiary/aromatic N) is 3. The first-order valence-electron chi connectivity index (χ1n) is 10.7. The Bertz CT molecular complexity index is 1380. The van der Waals surface area contributed by atoms with Gasteiger partial charge in [0.25, 0.3) is 0 Å². The van der Waals surface area contributed by atoms with Crippen molar-refractivity contribution in [2.24, 2.45) is 0 Å². The molecule has 2 heterocycles. The minimum absolute atomic E-state index is 0.0584. The molecule has 0 unspecified atom stereocenters. The van der Waals surface area contributed by atoms with E-state index in [2.05, 4.69) is 20.7 Å². The van der Waals surface area contributed by atoms with E-state index in [1.165, 1.54) is 41.2 Å². The Labute approximate surface area is 200 Å². The van der Waals surface area contributed by atoms with Crippen molar-refractivity contribution in [1.29, 1.82) is 0 Å². The predicted molar refractivity (Wildman–Crippen MR) is 130 cm³/mol. The highest BCUT2D eigenvalue weighted by molar-refractivity contribution is 5.99. The van der Waals surface area contributed by atoms with Gasteiger partial charge in [-0.2, -0.15) is 5.10 Å². The second kappa shape index (κ2) is 9.41. The topological polar surface area (TPSA) is 107 Å². The summed E-state index contributed by atoms with van der Waals surface area (Å²) in [4.78, 5) is 16.6. The first-order chi connectivity index (χ1) is 16.6. The summed E-state index contributed by atoms with van der Waals surface area (Å²) in [5.74, 6) is 0.0469. The molecule has 0 fully saturated rings. The molecule has 8 nitrogen and oxygen atoms in total. The van der Waals surface area contributed by atoms with Crippen molar-refractivity contribution < 1.29 is 18.3 Å². The molecule has 0 atom stereocenters. The van der Waals surface area contributed by atoms with Crippen LogP contribution in [0, 0.1) is 11.6 Å². The second-order valence-electron chi connectivity index (χ2n) is 8.80. The van der Waals surface area contributed by atoms with E-state index in [4.69, 9.17) is 10.5 Å². The van der Waals surface area contributed by atoms with Crippen LogP contribution in [0.2, 0.25) is 0 Å². The van der Waals surface area contributed by atoms with Crippen LogP contribution in [0.3, 0.4) is 0 Å². The number of amides is 2. The summed E-state index contributed by atoms with van der Waals surface area (Å²) in [5, 5.41) is 9.67. The molecule has 4 rings (SSSR count). The third-order valence-electron chi connectivity index (χ3n) is 4.95. The van der Waals surface area contributed by atoms with Crippen LogP contribution in [0.15, 0.2) is 66.9 Å². The number of urea groups is 1. The van der Waals surface area contributed by atoms with Crippen molar-refractivity contribution in [3.05, 3.63) is 84.2 Å². The van der Waals surface area contributed by atoms with Crippen molar-refractivity contribution in [2.75, 3.05) is 16.4 Å². The third kappa shape index (κ3) is 5.72. The summed E-state index contributed by atoms with van der Waals surface area (Å²) in [6.07, 6.45) is 1.47. The summed E-state index contributed by atoms with van der Waals surface area (Å²) in [5.41, 5.74) is 6.35. The van der Waals surface area contributed by atoms with Gasteiger partial charge < -0.3 is 15.8 Å². The molecule has 0 bridgehead atoms. The maximum atomic E-state index is 14.7. The number of carbonyl (C=O) groups is 1. The summed E-state index contributed by atoms with van der Waals surface area (Å²) >= 11 is 0. The molecule has 2 aromatic carbocycles. The van der Waals surface area contributed by atoms with Gasteiger partial charge in [0.1, 0.15) is 34.8 Å². The Morgan fingerprint density at radius 1 is 1.00 bits per heavy atom. The molecule has 35 heavy (non-hydrogen) atoms. The van der Waals surface area contributed by atoms with Gasteiger partial charge in [0, 0.05) is 29.8 Å². The van der Waals surface area contributed by atoms with E-state index < -0.39 is 17.7 Å². The van der Waals surface area contributed by atoms with Gasteiger partial charge in [-0.15, -0.1) is 0 Å². The number of aromatic nitrogens is 3. The van der Waals surface area contributed by atoms with Gasteiger partial charge in [0.2, 0.25) is 0 Å². The zero-order valence-electron chi connectivity index (χ0n) is 19.3. The number of hydrogen-bond acceptors (Lipinski definition) is 5. The van der Waals surface area contributed by atoms with Gasteiger partial charge in [-0.3, -0.25) is 5.32 Å². The van der Waals surface area contributed by atoms with E-state index in [1.54, 1.807) is 24.3 Å². The van der Waals surface area contributed by atoms with Crippen molar-refractivity contribution >= 4 is 23.4 Å². The average molecular weight is 479 g/mol.